The van der Waals surface area contributed by atoms with E-state index in [1.54, 1.807) is 0 Å². The van der Waals surface area contributed by atoms with Gasteiger partial charge in [0.15, 0.2) is 0 Å². The number of hydrogen-bond acceptors (Lipinski definition) is 4. The van der Waals surface area contributed by atoms with E-state index in [1.165, 1.54) is 43.6 Å². The minimum absolute atomic E-state index is 0.350. The van der Waals surface area contributed by atoms with Gasteiger partial charge in [0, 0.05) is 0 Å². The first-order valence-corrected chi connectivity index (χ1v) is 7.96. The molecule has 1 N–H and O–H groups in total. The third-order valence-electron chi connectivity index (χ3n) is 3.96. The highest BCUT2D eigenvalue weighted by molar-refractivity contribution is 7.05. The summed E-state index contributed by atoms with van der Waals surface area (Å²) in [6, 6.07) is 0. The third-order valence-corrected chi connectivity index (χ3v) is 4.80. The lowest BCUT2D eigenvalue weighted by Gasteiger charge is -2.22. The van der Waals surface area contributed by atoms with Crippen LogP contribution in [0.25, 0.3) is 0 Å². The highest BCUT2D eigenvalue weighted by Gasteiger charge is 2.21. The molecule has 1 aliphatic rings. The van der Waals surface area contributed by atoms with E-state index >= 15 is 0 Å². The van der Waals surface area contributed by atoms with Crippen LogP contribution in [-0.4, -0.2) is 14.7 Å². The molecule has 0 spiro atoms. The zero-order valence-corrected chi connectivity index (χ0v) is 12.2. The first-order valence-electron chi connectivity index (χ1n) is 7.18. The molecule has 0 aliphatic heterocycles. The predicted molar refractivity (Wildman–Crippen MR) is 74.8 cm³/mol. The van der Waals surface area contributed by atoms with Gasteiger partial charge in [0.1, 0.15) is 0 Å². The van der Waals surface area contributed by atoms with Crippen LogP contribution >= 0.6 is 11.5 Å². The van der Waals surface area contributed by atoms with E-state index in [9.17, 15) is 5.11 Å². The fourth-order valence-electron chi connectivity index (χ4n) is 2.84. The van der Waals surface area contributed by atoms with Gasteiger partial charge in [0.05, 0.1) is 16.7 Å². The van der Waals surface area contributed by atoms with Gasteiger partial charge < -0.3 is 5.11 Å². The molecule has 102 valence electrons. The quantitative estimate of drug-likeness (QED) is 0.876. The van der Waals surface area contributed by atoms with Gasteiger partial charge in [-0.1, -0.05) is 50.4 Å². The molecule has 1 fully saturated rings. The second-order valence-corrected chi connectivity index (χ2v) is 6.56. The van der Waals surface area contributed by atoms with Crippen molar-refractivity contribution in [2.75, 3.05) is 0 Å². The highest BCUT2D eigenvalue weighted by Crippen LogP contribution is 2.33. The Kier molecular flexibility index (Phi) is 5.13. The van der Waals surface area contributed by atoms with Crippen molar-refractivity contribution < 1.29 is 5.11 Å². The van der Waals surface area contributed by atoms with Gasteiger partial charge in [0.25, 0.3) is 0 Å². The van der Waals surface area contributed by atoms with Crippen LogP contribution in [0.5, 0.6) is 0 Å². The maximum atomic E-state index is 10.3. The molecule has 1 aromatic heterocycles. The molecule has 0 amide bonds. The molecule has 1 aromatic rings. The fraction of sp³-hybridized carbons (Fsp3) is 0.857. The summed E-state index contributed by atoms with van der Waals surface area (Å²) in [5.74, 6) is 1.18. The van der Waals surface area contributed by atoms with Crippen LogP contribution in [0.15, 0.2) is 0 Å². The van der Waals surface area contributed by atoms with E-state index in [4.69, 9.17) is 0 Å². The SMILES string of the molecule is CC(C)c1nnsc1C(O)CCC1CCCCC1. The van der Waals surface area contributed by atoms with Crippen LogP contribution in [0, 0.1) is 5.92 Å². The molecule has 1 atom stereocenters. The van der Waals surface area contributed by atoms with Crippen molar-refractivity contribution in [3.05, 3.63) is 10.6 Å². The molecular weight excluding hydrogens is 244 g/mol. The maximum absolute atomic E-state index is 10.3. The van der Waals surface area contributed by atoms with Crippen LogP contribution in [0.4, 0.5) is 0 Å². The largest absolute Gasteiger partial charge is 0.387 e. The van der Waals surface area contributed by atoms with Gasteiger partial charge in [-0.05, 0) is 36.2 Å². The van der Waals surface area contributed by atoms with E-state index in [1.807, 2.05) is 0 Å². The van der Waals surface area contributed by atoms with Crippen LogP contribution in [0.3, 0.4) is 0 Å². The van der Waals surface area contributed by atoms with E-state index in [0.29, 0.717) is 5.92 Å². The molecule has 4 heteroatoms. The second-order valence-electron chi connectivity index (χ2n) is 5.77. The Morgan fingerprint density at radius 2 is 2.00 bits per heavy atom. The minimum atomic E-state index is -0.357. The standard InChI is InChI=1S/C14H24N2OS/c1-10(2)13-14(18-16-15-13)12(17)9-8-11-6-4-3-5-7-11/h10-12,17H,3-9H2,1-2H3. The average Bonchev–Trinajstić information content (AvgIpc) is 2.86. The van der Waals surface area contributed by atoms with Gasteiger partial charge in [-0.25, -0.2) is 0 Å². The molecule has 1 heterocycles. The summed E-state index contributed by atoms with van der Waals surface area (Å²) in [5, 5.41) is 14.4. The van der Waals surface area contributed by atoms with Crippen LogP contribution in [0.1, 0.15) is 81.4 Å². The summed E-state index contributed by atoms with van der Waals surface area (Å²) in [6.45, 7) is 4.21. The van der Waals surface area contributed by atoms with Crippen molar-refractivity contribution in [3.8, 4) is 0 Å². The number of aromatic nitrogens is 2. The van der Waals surface area contributed by atoms with Crippen molar-refractivity contribution in [2.24, 2.45) is 5.92 Å². The second kappa shape index (κ2) is 6.62. The van der Waals surface area contributed by atoms with Crippen molar-refractivity contribution in [1.29, 1.82) is 0 Å². The topological polar surface area (TPSA) is 46.0 Å². The Bertz CT molecular complexity index is 358. The Labute approximate surface area is 114 Å². The van der Waals surface area contributed by atoms with Gasteiger partial charge >= 0.3 is 0 Å². The Morgan fingerprint density at radius 1 is 1.28 bits per heavy atom. The summed E-state index contributed by atoms with van der Waals surface area (Å²) < 4.78 is 3.99. The Morgan fingerprint density at radius 3 is 2.67 bits per heavy atom. The van der Waals surface area contributed by atoms with Crippen molar-refractivity contribution in [3.63, 3.8) is 0 Å². The smallest absolute Gasteiger partial charge is 0.0917 e. The molecule has 18 heavy (non-hydrogen) atoms. The molecule has 1 unspecified atom stereocenters. The van der Waals surface area contributed by atoms with Crippen LogP contribution in [0.2, 0.25) is 0 Å². The van der Waals surface area contributed by atoms with Crippen molar-refractivity contribution >= 4 is 11.5 Å². The first kappa shape index (κ1) is 13.9. The number of nitrogens with zero attached hydrogens (tertiary/aromatic N) is 2. The van der Waals surface area contributed by atoms with E-state index in [2.05, 4.69) is 23.4 Å². The fourth-order valence-corrected chi connectivity index (χ4v) is 3.66. The zero-order chi connectivity index (χ0) is 13.0. The summed E-state index contributed by atoms with van der Waals surface area (Å²) >= 11 is 1.36. The number of rotatable bonds is 5. The normalized spacial score (nSPS) is 19.3. The highest BCUT2D eigenvalue weighted by atomic mass is 32.1. The molecule has 0 aromatic carbocycles. The lowest BCUT2D eigenvalue weighted by Crippen LogP contribution is -2.09. The van der Waals surface area contributed by atoms with Gasteiger partial charge in [-0.3, -0.25) is 0 Å². The van der Waals surface area contributed by atoms with E-state index < -0.39 is 0 Å². The molecular formula is C14H24N2OS. The summed E-state index contributed by atoms with van der Waals surface area (Å²) in [5.41, 5.74) is 0.983. The number of hydrogen-bond donors (Lipinski definition) is 1. The summed E-state index contributed by atoms with van der Waals surface area (Å²) in [4.78, 5) is 0.987. The Hall–Kier alpha value is -0.480. The molecule has 0 radical (unpaired) electrons. The zero-order valence-electron chi connectivity index (χ0n) is 11.4. The van der Waals surface area contributed by atoms with E-state index in [0.717, 1.165) is 29.3 Å². The lowest BCUT2D eigenvalue weighted by atomic mass is 9.85. The number of aliphatic hydroxyl groups excluding tert-OH is 1. The van der Waals surface area contributed by atoms with Gasteiger partial charge in [-0.15, -0.1) is 5.10 Å². The lowest BCUT2D eigenvalue weighted by molar-refractivity contribution is 0.153. The monoisotopic (exact) mass is 268 g/mol. The van der Waals surface area contributed by atoms with Crippen molar-refractivity contribution in [2.45, 2.75) is 70.8 Å². The summed E-state index contributed by atoms with van der Waals surface area (Å²) in [6.07, 6.45) is 8.51. The molecule has 0 saturated heterocycles. The average molecular weight is 268 g/mol. The summed E-state index contributed by atoms with van der Waals surface area (Å²) in [7, 11) is 0. The van der Waals surface area contributed by atoms with Crippen LogP contribution in [-0.2, 0) is 0 Å². The third kappa shape index (κ3) is 3.51. The molecule has 1 saturated carbocycles. The van der Waals surface area contributed by atoms with Crippen LogP contribution < -0.4 is 0 Å². The maximum Gasteiger partial charge on any atom is 0.0917 e. The van der Waals surface area contributed by atoms with Gasteiger partial charge in [0.2, 0.25) is 0 Å². The minimum Gasteiger partial charge on any atom is -0.387 e. The number of aliphatic hydroxyl groups is 1. The van der Waals surface area contributed by atoms with Crippen molar-refractivity contribution in [1.82, 2.24) is 9.59 Å². The molecule has 1 aliphatic carbocycles. The van der Waals surface area contributed by atoms with Gasteiger partial charge in [-0.2, -0.15) is 0 Å². The first-order chi connectivity index (χ1) is 8.68. The molecule has 0 bridgehead atoms. The van der Waals surface area contributed by atoms with E-state index in [-0.39, 0.29) is 6.10 Å². The Balaban J connectivity index is 1.86. The predicted octanol–water partition coefficient (Wildman–Crippen LogP) is 4.06. The molecule has 3 nitrogen and oxygen atoms in total. The molecule has 2 rings (SSSR count).